The summed E-state index contributed by atoms with van der Waals surface area (Å²) < 4.78 is 16.6. The lowest BCUT2D eigenvalue weighted by Crippen LogP contribution is -2.55. The van der Waals surface area contributed by atoms with E-state index in [1.165, 1.54) is 51.7 Å². The molecule has 260 valence electrons. The van der Waals surface area contributed by atoms with E-state index in [0.29, 0.717) is 17.9 Å². The number of amides is 2. The summed E-state index contributed by atoms with van der Waals surface area (Å²) >= 11 is 0. The van der Waals surface area contributed by atoms with Gasteiger partial charge in [0, 0.05) is 7.11 Å². The first kappa shape index (κ1) is 39.2. The van der Waals surface area contributed by atoms with Gasteiger partial charge in [-0.25, -0.2) is 4.79 Å². The summed E-state index contributed by atoms with van der Waals surface area (Å²) in [7, 11) is 1.18. The van der Waals surface area contributed by atoms with E-state index < -0.39 is 54.3 Å². The fourth-order valence-electron chi connectivity index (χ4n) is 5.03. The van der Waals surface area contributed by atoms with Crippen molar-refractivity contribution >= 4 is 17.8 Å². The number of benzene rings is 1. The van der Waals surface area contributed by atoms with E-state index in [0.717, 1.165) is 12.8 Å². The topological polar surface area (TPSA) is 164 Å². The van der Waals surface area contributed by atoms with E-state index >= 15 is 0 Å². The molecule has 2 amide bonds. The summed E-state index contributed by atoms with van der Waals surface area (Å²) in [5.74, 6) is -1.17. The maximum atomic E-state index is 12.9. The molecule has 0 spiro atoms. The molecule has 1 aromatic rings. The maximum absolute atomic E-state index is 12.9. The van der Waals surface area contributed by atoms with Gasteiger partial charge >= 0.3 is 5.97 Å². The second-order valence-electron chi connectivity index (χ2n) is 13.1. The van der Waals surface area contributed by atoms with Crippen molar-refractivity contribution in [2.45, 2.75) is 128 Å². The molecule has 1 saturated heterocycles. The molecule has 1 unspecified atom stereocenters. The van der Waals surface area contributed by atoms with Crippen molar-refractivity contribution in [1.29, 1.82) is 0 Å². The van der Waals surface area contributed by atoms with Crippen LogP contribution >= 0.6 is 0 Å². The highest BCUT2D eigenvalue weighted by atomic mass is 16.5. The molecule has 2 rings (SSSR count). The minimum atomic E-state index is -1.77. The number of carbonyl (C=O) groups excluding carboxylic acids is 3. The van der Waals surface area contributed by atoms with Crippen molar-refractivity contribution in [3.63, 3.8) is 0 Å². The zero-order valence-corrected chi connectivity index (χ0v) is 28.2. The highest BCUT2D eigenvalue weighted by Gasteiger charge is 2.37. The molecule has 11 heteroatoms. The van der Waals surface area contributed by atoms with Crippen LogP contribution in [0.25, 0.3) is 0 Å². The van der Waals surface area contributed by atoms with E-state index in [2.05, 4.69) is 17.6 Å². The van der Waals surface area contributed by atoms with E-state index in [-0.39, 0.29) is 24.8 Å². The van der Waals surface area contributed by atoms with E-state index in [4.69, 9.17) is 14.2 Å². The number of methoxy groups -OCH3 is 1. The molecule has 1 heterocycles. The molecule has 0 aliphatic carbocycles. The molecule has 0 radical (unpaired) electrons. The van der Waals surface area contributed by atoms with Crippen LogP contribution < -0.4 is 15.4 Å². The largest absolute Gasteiger partial charge is 0.494 e. The van der Waals surface area contributed by atoms with Crippen LogP contribution in [-0.2, 0) is 19.1 Å². The summed E-state index contributed by atoms with van der Waals surface area (Å²) in [4.78, 5) is 38.4. The summed E-state index contributed by atoms with van der Waals surface area (Å²) in [5.41, 5.74) is 0.0870. The number of hydrogen-bond acceptors (Lipinski definition) is 9. The van der Waals surface area contributed by atoms with Gasteiger partial charge in [-0.05, 0) is 48.9 Å². The Kier molecular flexibility index (Phi) is 17.3. The predicted octanol–water partition coefficient (Wildman–Crippen LogP) is 3.83. The van der Waals surface area contributed by atoms with E-state index in [1.807, 2.05) is 20.8 Å². The standard InChI is InChI=1S/C35H56N2O9/c1-6-7-8-9-10-11-12-13-22-45-25-16-14-24(15-17-25)34(43)46-26-18-19-27(32(41)36-23-26)37-33(42)31(44-5)30(40)29(39)28(38)20-21-35(2,3)4/h14-17,20-21,26-31,38-40H,6-13,18-19,22-23H2,1-5H3,(H,36,41)(H,37,42)/b21-20+/t26-,27?,28-,29+,30-,31-/m1/s1. The number of allylic oxidation sites excluding steroid dienone is 1. The van der Waals surface area contributed by atoms with E-state index in [9.17, 15) is 29.7 Å². The second kappa shape index (κ2) is 20.3. The number of unbranched alkanes of at least 4 members (excludes halogenated alkanes) is 7. The van der Waals surface area contributed by atoms with Crippen LogP contribution in [0, 0.1) is 5.41 Å². The van der Waals surface area contributed by atoms with Gasteiger partial charge in [0.25, 0.3) is 5.91 Å². The van der Waals surface area contributed by atoms with Gasteiger partial charge in [0.15, 0.2) is 6.10 Å². The highest BCUT2D eigenvalue weighted by molar-refractivity contribution is 5.91. The Hall–Kier alpha value is -2.99. The maximum Gasteiger partial charge on any atom is 0.338 e. The Labute approximate surface area is 274 Å². The van der Waals surface area contributed by atoms with Crippen molar-refractivity contribution in [3.8, 4) is 5.75 Å². The van der Waals surface area contributed by atoms with E-state index in [1.54, 1.807) is 30.3 Å². The third kappa shape index (κ3) is 14.2. The van der Waals surface area contributed by atoms with Crippen molar-refractivity contribution in [2.24, 2.45) is 5.41 Å². The lowest BCUT2D eigenvalue weighted by molar-refractivity contribution is -0.150. The first-order chi connectivity index (χ1) is 21.9. The van der Waals surface area contributed by atoms with Crippen LogP contribution in [0.4, 0.5) is 0 Å². The minimum Gasteiger partial charge on any atom is -0.494 e. The van der Waals surface area contributed by atoms with Crippen molar-refractivity contribution in [2.75, 3.05) is 20.3 Å². The predicted molar refractivity (Wildman–Crippen MR) is 175 cm³/mol. The summed E-state index contributed by atoms with van der Waals surface area (Å²) in [6.07, 6.45) is 6.15. The number of ether oxygens (including phenoxy) is 3. The van der Waals surface area contributed by atoms with Gasteiger partial charge in [-0.1, -0.05) is 84.8 Å². The zero-order valence-electron chi connectivity index (χ0n) is 28.2. The SMILES string of the molecule is CCCCCCCCCCOc1ccc(C(=O)O[C@@H]2CCC(NC(=O)[C@H](OC)[C@H](O)[C@@H](O)[C@H](O)/C=C/C(C)(C)C)C(=O)NC2)cc1. The van der Waals surface area contributed by atoms with Crippen LogP contribution in [0.15, 0.2) is 36.4 Å². The zero-order chi connectivity index (χ0) is 34.1. The summed E-state index contributed by atoms with van der Waals surface area (Å²) in [5, 5.41) is 36.5. The number of aliphatic hydroxyl groups is 3. The molecule has 6 atom stereocenters. The molecular weight excluding hydrogens is 592 g/mol. The molecule has 11 nitrogen and oxygen atoms in total. The summed E-state index contributed by atoms with van der Waals surface area (Å²) in [6, 6.07) is 5.77. The molecule has 1 fully saturated rings. The minimum absolute atomic E-state index is 0.0676. The van der Waals surface area contributed by atoms with Gasteiger partial charge in [0.05, 0.1) is 18.7 Å². The van der Waals surface area contributed by atoms with Crippen LogP contribution in [0.5, 0.6) is 5.75 Å². The Morgan fingerprint density at radius 1 is 0.978 bits per heavy atom. The van der Waals surface area contributed by atoms with Crippen molar-refractivity contribution in [1.82, 2.24) is 10.6 Å². The fourth-order valence-corrected chi connectivity index (χ4v) is 5.03. The van der Waals surface area contributed by atoms with Gasteiger partial charge in [-0.3, -0.25) is 9.59 Å². The molecule has 0 bridgehead atoms. The van der Waals surface area contributed by atoms with Crippen LogP contribution in [0.2, 0.25) is 0 Å². The van der Waals surface area contributed by atoms with Gasteiger partial charge in [0.2, 0.25) is 5.91 Å². The van der Waals surface area contributed by atoms with Crippen LogP contribution in [-0.4, -0.2) is 89.9 Å². The molecule has 0 saturated carbocycles. The monoisotopic (exact) mass is 648 g/mol. The molecule has 1 aliphatic heterocycles. The molecule has 1 aliphatic rings. The number of nitrogens with one attached hydrogen (secondary N) is 2. The third-order valence-corrected chi connectivity index (χ3v) is 7.86. The average molecular weight is 649 g/mol. The highest BCUT2D eigenvalue weighted by Crippen LogP contribution is 2.19. The Bertz CT molecular complexity index is 1090. The smallest absolute Gasteiger partial charge is 0.338 e. The quantitative estimate of drug-likeness (QED) is 0.0852. The molecule has 46 heavy (non-hydrogen) atoms. The van der Waals surface area contributed by atoms with Crippen molar-refractivity contribution < 1.29 is 43.9 Å². The molecule has 0 aromatic heterocycles. The molecular formula is C35H56N2O9. The number of hydrogen-bond donors (Lipinski definition) is 5. The fraction of sp³-hybridized carbons (Fsp3) is 0.686. The average Bonchev–Trinajstić information content (AvgIpc) is 3.19. The first-order valence-electron chi connectivity index (χ1n) is 16.6. The summed E-state index contributed by atoms with van der Waals surface area (Å²) in [6.45, 7) is 8.62. The van der Waals surface area contributed by atoms with Crippen LogP contribution in [0.3, 0.4) is 0 Å². The number of aliphatic hydroxyl groups excluding tert-OH is 3. The Balaban J connectivity index is 1.81. The van der Waals surface area contributed by atoms with Crippen LogP contribution in [0.1, 0.15) is 102 Å². The Morgan fingerprint density at radius 3 is 2.22 bits per heavy atom. The third-order valence-electron chi connectivity index (χ3n) is 7.86. The molecule has 5 N–H and O–H groups in total. The number of esters is 1. The van der Waals surface area contributed by atoms with Gasteiger partial charge < -0.3 is 40.2 Å². The first-order valence-corrected chi connectivity index (χ1v) is 16.6. The van der Waals surface area contributed by atoms with Gasteiger partial charge in [-0.2, -0.15) is 0 Å². The van der Waals surface area contributed by atoms with Gasteiger partial charge in [-0.15, -0.1) is 0 Å². The molecule has 1 aromatic carbocycles. The normalized spacial score (nSPS) is 19.9. The lowest BCUT2D eigenvalue weighted by Gasteiger charge is -2.28. The number of carbonyl (C=O) groups is 3. The van der Waals surface area contributed by atoms with Gasteiger partial charge in [0.1, 0.15) is 36.2 Å². The van der Waals surface area contributed by atoms with Crippen molar-refractivity contribution in [3.05, 3.63) is 42.0 Å². The lowest BCUT2D eigenvalue weighted by atomic mass is 9.94. The second-order valence-corrected chi connectivity index (χ2v) is 13.1. The number of rotatable bonds is 19. The Morgan fingerprint density at radius 2 is 1.61 bits per heavy atom.